The lowest BCUT2D eigenvalue weighted by Crippen LogP contribution is -1.95. The minimum Gasteiger partial charge on any atom is -0.343 e. The van der Waals surface area contributed by atoms with Gasteiger partial charge in [-0.05, 0) is 24.6 Å². The van der Waals surface area contributed by atoms with Crippen LogP contribution in [0.25, 0.3) is 11.4 Å². The first-order chi connectivity index (χ1) is 8.60. The molecule has 18 heavy (non-hydrogen) atoms. The van der Waals surface area contributed by atoms with Crippen LogP contribution >= 0.6 is 12.2 Å². The van der Waals surface area contributed by atoms with Gasteiger partial charge in [0.25, 0.3) is 5.69 Å². The van der Waals surface area contributed by atoms with Crippen LogP contribution in [0.15, 0.2) is 30.3 Å². The zero-order valence-corrected chi connectivity index (χ0v) is 10.5. The van der Waals surface area contributed by atoms with Crippen LogP contribution in [0, 0.1) is 14.8 Å². The molecule has 1 N–H and O–H groups in total. The number of hydrogen-bond acceptors (Lipinski definition) is 4. The molecular weight excluding hydrogens is 250 g/mol. The van der Waals surface area contributed by atoms with Crippen LogP contribution in [0.3, 0.4) is 0 Å². The fourth-order valence-electron chi connectivity index (χ4n) is 1.58. The minimum atomic E-state index is -0.429. The number of H-pyrrole nitrogens is 1. The van der Waals surface area contributed by atoms with Crippen LogP contribution in [0.2, 0.25) is 0 Å². The summed E-state index contributed by atoms with van der Waals surface area (Å²) in [6, 6.07) is 8.03. The highest BCUT2D eigenvalue weighted by Gasteiger charge is 2.06. The second kappa shape index (κ2) is 5.05. The quantitative estimate of drug-likeness (QED) is 0.523. The Bertz CT molecular complexity index is 635. The van der Waals surface area contributed by atoms with Crippen LogP contribution in [-0.4, -0.2) is 14.9 Å². The van der Waals surface area contributed by atoms with Gasteiger partial charge in [-0.3, -0.25) is 10.1 Å². The second-order valence-corrected chi connectivity index (χ2v) is 4.17. The summed E-state index contributed by atoms with van der Waals surface area (Å²) >= 11 is 5.08. The topological polar surface area (TPSA) is 71.8 Å². The molecule has 0 amide bonds. The maximum atomic E-state index is 10.6. The Hall–Kier alpha value is -2.08. The number of rotatable bonds is 3. The Morgan fingerprint density at radius 1 is 1.39 bits per heavy atom. The van der Waals surface area contributed by atoms with Crippen molar-refractivity contribution in [3.63, 3.8) is 0 Å². The molecule has 0 saturated carbocycles. The fraction of sp³-hybridized carbons (Fsp3) is 0.167. The molecule has 0 fully saturated rings. The molecule has 0 aliphatic rings. The number of aromatic nitrogens is 2. The Labute approximate surface area is 109 Å². The van der Waals surface area contributed by atoms with Crippen molar-refractivity contribution in [1.29, 1.82) is 0 Å². The van der Waals surface area contributed by atoms with E-state index in [0.717, 1.165) is 17.7 Å². The van der Waals surface area contributed by atoms with Crippen molar-refractivity contribution in [1.82, 2.24) is 9.97 Å². The first-order valence-corrected chi connectivity index (χ1v) is 5.86. The van der Waals surface area contributed by atoms with E-state index in [-0.39, 0.29) is 5.69 Å². The summed E-state index contributed by atoms with van der Waals surface area (Å²) in [5.74, 6) is 0.634. The number of aryl methyl sites for hydroxylation is 1. The normalized spacial score (nSPS) is 10.3. The van der Waals surface area contributed by atoms with Crippen molar-refractivity contribution in [2.24, 2.45) is 0 Å². The van der Waals surface area contributed by atoms with Crippen LogP contribution in [0.5, 0.6) is 0 Å². The molecule has 0 radical (unpaired) electrons. The summed E-state index contributed by atoms with van der Waals surface area (Å²) in [5.41, 5.74) is 1.83. The van der Waals surface area contributed by atoms with Crippen molar-refractivity contribution >= 4 is 17.9 Å². The van der Waals surface area contributed by atoms with Crippen molar-refractivity contribution in [2.75, 3.05) is 0 Å². The number of hydrogen-bond donors (Lipinski definition) is 1. The lowest BCUT2D eigenvalue weighted by molar-refractivity contribution is -0.384. The fourth-order valence-corrected chi connectivity index (χ4v) is 1.81. The Kier molecular flexibility index (Phi) is 3.47. The number of nitrogens with zero attached hydrogens (tertiary/aromatic N) is 2. The van der Waals surface area contributed by atoms with E-state index < -0.39 is 4.92 Å². The highest BCUT2D eigenvalue weighted by molar-refractivity contribution is 7.71. The number of benzene rings is 1. The zero-order valence-electron chi connectivity index (χ0n) is 9.71. The molecule has 0 atom stereocenters. The first kappa shape index (κ1) is 12.4. The third-order valence-corrected chi connectivity index (χ3v) is 2.74. The molecule has 0 unspecified atom stereocenters. The van der Waals surface area contributed by atoms with Crippen molar-refractivity contribution in [3.8, 4) is 11.4 Å². The van der Waals surface area contributed by atoms with Gasteiger partial charge in [-0.25, -0.2) is 4.98 Å². The molecule has 2 aromatic rings. The molecule has 0 spiro atoms. The van der Waals surface area contributed by atoms with Gasteiger partial charge in [0, 0.05) is 23.4 Å². The van der Waals surface area contributed by atoms with Gasteiger partial charge in [-0.1, -0.05) is 19.1 Å². The average molecular weight is 261 g/mol. The zero-order chi connectivity index (χ0) is 13.1. The molecule has 0 bridgehead atoms. The Balaban J connectivity index is 2.45. The van der Waals surface area contributed by atoms with Crippen LogP contribution in [0.4, 0.5) is 5.69 Å². The number of nitro groups is 1. The van der Waals surface area contributed by atoms with E-state index in [2.05, 4.69) is 9.97 Å². The molecular formula is C12H11N3O2S. The summed E-state index contributed by atoms with van der Waals surface area (Å²) in [7, 11) is 0. The van der Waals surface area contributed by atoms with Gasteiger partial charge < -0.3 is 4.98 Å². The van der Waals surface area contributed by atoms with E-state index in [4.69, 9.17) is 12.2 Å². The third-order valence-electron chi connectivity index (χ3n) is 2.53. The van der Waals surface area contributed by atoms with Gasteiger partial charge in [-0.2, -0.15) is 0 Å². The molecule has 92 valence electrons. The number of non-ortho nitro benzene ring substituents is 1. The lowest BCUT2D eigenvalue weighted by atomic mass is 10.2. The number of nitro benzene ring substituents is 1. The summed E-state index contributed by atoms with van der Waals surface area (Å²) < 4.78 is 0.513. The average Bonchev–Trinajstić information content (AvgIpc) is 2.38. The number of aromatic amines is 1. The van der Waals surface area contributed by atoms with Crippen molar-refractivity contribution < 1.29 is 4.92 Å². The summed E-state index contributed by atoms with van der Waals surface area (Å²) in [6.45, 7) is 2.01. The number of nitrogens with one attached hydrogen (secondary N) is 1. The van der Waals surface area contributed by atoms with Crippen LogP contribution < -0.4 is 0 Å². The molecule has 0 saturated heterocycles. The van der Waals surface area contributed by atoms with Crippen LogP contribution in [-0.2, 0) is 6.42 Å². The molecule has 1 aromatic carbocycles. The molecule has 6 heteroatoms. The van der Waals surface area contributed by atoms with E-state index >= 15 is 0 Å². The minimum absolute atomic E-state index is 0.0593. The summed E-state index contributed by atoms with van der Waals surface area (Å²) in [6.07, 6.45) is 0.826. The van der Waals surface area contributed by atoms with Crippen molar-refractivity contribution in [2.45, 2.75) is 13.3 Å². The maximum Gasteiger partial charge on any atom is 0.269 e. The predicted molar refractivity (Wildman–Crippen MR) is 70.9 cm³/mol. The predicted octanol–water partition coefficient (Wildman–Crippen LogP) is 3.28. The second-order valence-electron chi connectivity index (χ2n) is 3.75. The third kappa shape index (κ3) is 2.60. The molecule has 0 aliphatic heterocycles. The van der Waals surface area contributed by atoms with Gasteiger partial charge in [0.2, 0.25) is 0 Å². The summed E-state index contributed by atoms with van der Waals surface area (Å²) in [5, 5.41) is 10.6. The van der Waals surface area contributed by atoms with Gasteiger partial charge in [0.1, 0.15) is 10.5 Å². The Morgan fingerprint density at radius 2 is 2.06 bits per heavy atom. The highest BCUT2D eigenvalue weighted by Crippen LogP contribution is 2.19. The van der Waals surface area contributed by atoms with E-state index in [1.165, 1.54) is 12.1 Å². The first-order valence-electron chi connectivity index (χ1n) is 5.45. The van der Waals surface area contributed by atoms with E-state index in [9.17, 15) is 10.1 Å². The Morgan fingerprint density at radius 3 is 2.61 bits per heavy atom. The van der Waals surface area contributed by atoms with E-state index in [1.807, 2.05) is 13.0 Å². The molecule has 1 heterocycles. The maximum absolute atomic E-state index is 10.6. The molecule has 0 aliphatic carbocycles. The molecule has 2 rings (SSSR count). The highest BCUT2D eigenvalue weighted by atomic mass is 32.1. The SMILES string of the molecule is CCc1cc(=S)nc(-c2ccc([N+](=O)[O-])cc2)[nH]1. The monoisotopic (exact) mass is 261 g/mol. The van der Waals surface area contributed by atoms with Crippen molar-refractivity contribution in [3.05, 3.63) is 50.8 Å². The van der Waals surface area contributed by atoms with Gasteiger partial charge in [0.15, 0.2) is 0 Å². The molecule has 5 nitrogen and oxygen atoms in total. The standard InChI is InChI=1S/C12H11N3O2S/c1-2-9-7-11(18)14-12(13-9)8-3-5-10(6-4-8)15(16)17/h3-7H,2H2,1H3,(H,13,14,18). The van der Waals surface area contributed by atoms with E-state index in [0.29, 0.717) is 10.5 Å². The summed E-state index contributed by atoms with van der Waals surface area (Å²) in [4.78, 5) is 17.5. The van der Waals surface area contributed by atoms with Gasteiger partial charge in [-0.15, -0.1) is 0 Å². The van der Waals surface area contributed by atoms with Gasteiger partial charge >= 0.3 is 0 Å². The lowest BCUT2D eigenvalue weighted by Gasteiger charge is -2.04. The van der Waals surface area contributed by atoms with Crippen LogP contribution in [0.1, 0.15) is 12.6 Å². The molecule has 1 aromatic heterocycles. The smallest absolute Gasteiger partial charge is 0.269 e. The largest absolute Gasteiger partial charge is 0.343 e. The van der Waals surface area contributed by atoms with E-state index in [1.54, 1.807) is 12.1 Å². The van der Waals surface area contributed by atoms with Gasteiger partial charge in [0.05, 0.1) is 4.92 Å².